The largest absolute Gasteiger partial charge is 0.411 e. The lowest BCUT2D eigenvalue weighted by Gasteiger charge is -2.56. The summed E-state index contributed by atoms with van der Waals surface area (Å²) in [5.74, 6) is 1.48. The van der Waals surface area contributed by atoms with Crippen molar-refractivity contribution in [1.29, 1.82) is 0 Å². The van der Waals surface area contributed by atoms with Crippen molar-refractivity contribution >= 4 is 11.5 Å². The summed E-state index contributed by atoms with van der Waals surface area (Å²) in [5.41, 5.74) is 1.68. The molecule has 0 heterocycles. The van der Waals surface area contributed by atoms with E-state index in [1.807, 2.05) is 0 Å². The van der Waals surface area contributed by atoms with Crippen molar-refractivity contribution in [3.63, 3.8) is 0 Å². The van der Waals surface area contributed by atoms with Gasteiger partial charge in [-0.3, -0.25) is 4.79 Å². The minimum atomic E-state index is -0.335. The molecule has 126 valence electrons. The lowest BCUT2D eigenvalue weighted by Crippen LogP contribution is -2.50. The number of hydrogen-bond acceptors (Lipinski definition) is 4. The highest BCUT2D eigenvalue weighted by Gasteiger charge is 2.60. The Labute approximate surface area is 137 Å². The minimum Gasteiger partial charge on any atom is -0.411 e. The smallest absolute Gasteiger partial charge is 0.186 e. The molecule has 0 aromatic rings. The van der Waals surface area contributed by atoms with Crippen LogP contribution < -0.4 is 0 Å². The Kier molecular flexibility index (Phi) is 3.29. The Morgan fingerprint density at radius 2 is 1.87 bits per heavy atom. The average Bonchev–Trinajstić information content (AvgIpc) is 2.79. The predicted molar refractivity (Wildman–Crippen MR) is 87.3 cm³/mol. The van der Waals surface area contributed by atoms with Crippen LogP contribution >= 0.6 is 0 Å². The van der Waals surface area contributed by atoms with Gasteiger partial charge in [0.25, 0.3) is 0 Å². The van der Waals surface area contributed by atoms with Gasteiger partial charge in [0.1, 0.15) is 5.71 Å². The highest BCUT2D eigenvalue weighted by Crippen LogP contribution is 2.63. The summed E-state index contributed by atoms with van der Waals surface area (Å²) in [4.78, 5) is 12.6. The van der Waals surface area contributed by atoms with Gasteiger partial charge in [-0.05, 0) is 61.7 Å². The molecule has 0 radical (unpaired) electrons. The van der Waals surface area contributed by atoms with Crippen LogP contribution in [0, 0.1) is 28.6 Å². The molecular formula is C19H27NO3. The first kappa shape index (κ1) is 15.4. The van der Waals surface area contributed by atoms with Gasteiger partial charge in [0.15, 0.2) is 5.78 Å². The van der Waals surface area contributed by atoms with E-state index in [2.05, 4.69) is 25.1 Å². The van der Waals surface area contributed by atoms with Crippen LogP contribution in [0.5, 0.6) is 0 Å². The molecule has 6 atom stereocenters. The Balaban J connectivity index is 1.71. The van der Waals surface area contributed by atoms with E-state index in [9.17, 15) is 15.1 Å². The number of aliphatic hydroxyl groups excluding tert-OH is 1. The fourth-order valence-corrected chi connectivity index (χ4v) is 6.34. The number of allylic oxidation sites excluding steroid dienone is 1. The molecule has 4 aliphatic rings. The first-order valence-corrected chi connectivity index (χ1v) is 9.03. The fraction of sp³-hybridized carbons (Fsp3) is 0.789. The van der Waals surface area contributed by atoms with Crippen molar-refractivity contribution in [2.75, 3.05) is 0 Å². The maximum atomic E-state index is 12.6. The molecule has 4 aliphatic carbocycles. The molecule has 0 spiro atoms. The lowest BCUT2D eigenvalue weighted by molar-refractivity contribution is -0.128. The van der Waals surface area contributed by atoms with Gasteiger partial charge in [0, 0.05) is 11.8 Å². The highest BCUT2D eigenvalue weighted by molar-refractivity contribution is 6.43. The Hall–Kier alpha value is -1.16. The van der Waals surface area contributed by atoms with Crippen molar-refractivity contribution in [2.24, 2.45) is 33.7 Å². The summed E-state index contributed by atoms with van der Waals surface area (Å²) in [6, 6.07) is 0. The van der Waals surface area contributed by atoms with Crippen LogP contribution in [-0.4, -0.2) is 27.9 Å². The van der Waals surface area contributed by atoms with Crippen LogP contribution in [0.15, 0.2) is 16.8 Å². The zero-order valence-corrected chi connectivity index (χ0v) is 14.1. The van der Waals surface area contributed by atoms with Gasteiger partial charge in [0.2, 0.25) is 0 Å². The van der Waals surface area contributed by atoms with Gasteiger partial charge >= 0.3 is 0 Å². The summed E-state index contributed by atoms with van der Waals surface area (Å²) >= 11 is 0. The molecule has 4 rings (SSSR count). The number of hydrogen-bond donors (Lipinski definition) is 2. The number of ketones is 1. The van der Waals surface area contributed by atoms with Crippen molar-refractivity contribution in [1.82, 2.24) is 0 Å². The van der Waals surface area contributed by atoms with Crippen molar-refractivity contribution < 1.29 is 15.1 Å². The number of carbonyl (C=O) groups is 1. The molecule has 0 saturated heterocycles. The third-order valence-electron chi connectivity index (χ3n) is 7.78. The molecule has 0 aromatic heterocycles. The summed E-state index contributed by atoms with van der Waals surface area (Å²) < 4.78 is 0. The number of oxime groups is 1. The minimum absolute atomic E-state index is 0.0717. The number of carbonyl (C=O) groups excluding carboxylic acids is 1. The Morgan fingerprint density at radius 1 is 1.13 bits per heavy atom. The predicted octanol–water partition coefficient (Wildman–Crippen LogP) is 3.32. The van der Waals surface area contributed by atoms with E-state index in [4.69, 9.17) is 0 Å². The van der Waals surface area contributed by atoms with Gasteiger partial charge in [-0.1, -0.05) is 30.7 Å². The van der Waals surface area contributed by atoms with Gasteiger partial charge < -0.3 is 10.3 Å². The van der Waals surface area contributed by atoms with Crippen molar-refractivity contribution in [3.8, 4) is 0 Å². The third kappa shape index (κ3) is 1.93. The summed E-state index contributed by atoms with van der Waals surface area (Å²) in [6.45, 7) is 4.46. The van der Waals surface area contributed by atoms with Crippen LogP contribution in [0.25, 0.3) is 0 Å². The van der Waals surface area contributed by atoms with E-state index >= 15 is 0 Å². The normalized spacial score (nSPS) is 51.0. The molecule has 0 bridgehead atoms. The Morgan fingerprint density at radius 3 is 2.61 bits per heavy atom. The summed E-state index contributed by atoms with van der Waals surface area (Å²) in [7, 11) is 0. The molecule has 0 amide bonds. The van der Waals surface area contributed by atoms with Gasteiger partial charge in [-0.2, -0.15) is 0 Å². The number of aliphatic hydroxyl groups is 1. The molecule has 3 saturated carbocycles. The SMILES string of the molecule is C[C@@]12CC[C@@H]3[C@H](CC=C4C[C@@H](O)CC[C@@]43C)[C@H]1C/C(=N/O)C2=O. The second-order valence-corrected chi connectivity index (χ2v) is 8.69. The summed E-state index contributed by atoms with van der Waals surface area (Å²) in [6.07, 6.45) is 8.57. The van der Waals surface area contributed by atoms with Crippen molar-refractivity contribution in [2.45, 2.75) is 64.9 Å². The van der Waals surface area contributed by atoms with E-state index in [1.54, 1.807) is 0 Å². The maximum absolute atomic E-state index is 12.6. The van der Waals surface area contributed by atoms with E-state index < -0.39 is 0 Å². The molecule has 0 aliphatic heterocycles. The van der Waals surface area contributed by atoms with Crippen LogP contribution in [0.1, 0.15) is 58.8 Å². The van der Waals surface area contributed by atoms with Crippen LogP contribution in [-0.2, 0) is 4.79 Å². The van der Waals surface area contributed by atoms with Crippen LogP contribution in [0.2, 0.25) is 0 Å². The molecule has 23 heavy (non-hydrogen) atoms. The zero-order valence-electron chi connectivity index (χ0n) is 14.1. The molecular weight excluding hydrogens is 290 g/mol. The van der Waals surface area contributed by atoms with Gasteiger partial charge in [-0.15, -0.1) is 0 Å². The molecule has 2 N–H and O–H groups in total. The van der Waals surface area contributed by atoms with Crippen LogP contribution in [0.3, 0.4) is 0 Å². The average molecular weight is 317 g/mol. The van der Waals surface area contributed by atoms with E-state index in [1.165, 1.54) is 5.57 Å². The maximum Gasteiger partial charge on any atom is 0.186 e. The first-order valence-electron chi connectivity index (χ1n) is 9.03. The van der Waals surface area contributed by atoms with Crippen molar-refractivity contribution in [3.05, 3.63) is 11.6 Å². The number of rotatable bonds is 0. The molecule has 4 heteroatoms. The number of Topliss-reactive ketones (excluding diaryl/α,β-unsaturated/α-hetero) is 1. The van der Waals surface area contributed by atoms with Crippen LogP contribution in [0.4, 0.5) is 0 Å². The summed E-state index contributed by atoms with van der Waals surface area (Å²) in [5, 5.41) is 22.5. The standard InChI is InChI=1S/C19H27NO3/c1-18-7-5-12(21)9-11(18)3-4-13-14(18)6-8-19(2)15(13)10-16(20-23)17(19)22/h3,12-15,21,23H,4-10H2,1-2H3/b20-16-/t12-,13-,14+,15+,18-,19+/m0/s1. The van der Waals surface area contributed by atoms with E-state index in [0.717, 1.165) is 38.5 Å². The number of nitrogens with zero attached hydrogens (tertiary/aromatic N) is 1. The molecule has 4 nitrogen and oxygen atoms in total. The second kappa shape index (κ2) is 4.92. The van der Waals surface area contributed by atoms with E-state index in [-0.39, 0.29) is 22.7 Å². The van der Waals surface area contributed by atoms with Gasteiger partial charge in [0.05, 0.1) is 6.10 Å². The lowest BCUT2D eigenvalue weighted by atomic mass is 9.48. The number of fused-ring (bicyclic) bond motifs is 5. The molecule has 0 unspecified atom stereocenters. The Bertz CT molecular complexity index is 610. The fourth-order valence-electron chi connectivity index (χ4n) is 6.34. The topological polar surface area (TPSA) is 69.9 Å². The van der Waals surface area contributed by atoms with E-state index in [0.29, 0.717) is 29.9 Å². The third-order valence-corrected chi connectivity index (χ3v) is 7.78. The zero-order chi connectivity index (χ0) is 16.4. The first-order chi connectivity index (χ1) is 10.9. The monoisotopic (exact) mass is 317 g/mol. The molecule has 0 aromatic carbocycles. The van der Waals surface area contributed by atoms with Gasteiger partial charge in [-0.25, -0.2) is 0 Å². The second-order valence-electron chi connectivity index (χ2n) is 8.69. The quantitative estimate of drug-likeness (QED) is 0.409. The highest BCUT2D eigenvalue weighted by atomic mass is 16.4. The molecule has 3 fully saturated rings.